The molecule has 1 amide bonds. The third kappa shape index (κ3) is 5.03. The third-order valence-corrected chi connectivity index (χ3v) is 4.23. The van der Waals surface area contributed by atoms with Gasteiger partial charge in [0.15, 0.2) is 0 Å². The average molecular weight is 322 g/mol. The van der Waals surface area contributed by atoms with Crippen LogP contribution in [0.15, 0.2) is 24.3 Å². The Morgan fingerprint density at radius 3 is 2.65 bits per heavy atom. The number of piperidine rings is 1. The first-order valence-electron chi connectivity index (χ1n) is 7.92. The summed E-state index contributed by atoms with van der Waals surface area (Å²) in [6.45, 7) is 1.64. The summed E-state index contributed by atoms with van der Waals surface area (Å²) in [6, 6.07) is 6.09. The van der Waals surface area contributed by atoms with E-state index in [1.807, 2.05) is 0 Å². The second-order valence-electron chi connectivity index (χ2n) is 6.01. The lowest BCUT2D eigenvalue weighted by atomic mass is 10.00. The predicted molar refractivity (Wildman–Crippen MR) is 84.3 cm³/mol. The third-order valence-electron chi connectivity index (χ3n) is 4.23. The van der Waals surface area contributed by atoms with Crippen molar-refractivity contribution in [1.29, 1.82) is 0 Å². The van der Waals surface area contributed by atoms with Gasteiger partial charge in [-0.25, -0.2) is 4.39 Å². The van der Waals surface area contributed by atoms with Crippen molar-refractivity contribution in [2.45, 2.75) is 38.3 Å². The van der Waals surface area contributed by atoms with Crippen LogP contribution in [0.4, 0.5) is 4.39 Å². The van der Waals surface area contributed by atoms with Crippen LogP contribution in [0.25, 0.3) is 0 Å². The number of carboxylic acids is 1. The Morgan fingerprint density at radius 1 is 1.30 bits per heavy atom. The molecule has 0 aromatic heterocycles. The lowest BCUT2D eigenvalue weighted by molar-refractivity contribution is -0.140. The maximum Gasteiger partial charge on any atom is 0.305 e. The molecule has 6 heteroatoms. The number of hydrogen-bond acceptors (Lipinski definition) is 3. The zero-order chi connectivity index (χ0) is 16.8. The van der Waals surface area contributed by atoms with Gasteiger partial charge in [0.05, 0.1) is 12.5 Å². The Morgan fingerprint density at radius 2 is 2.00 bits per heavy atom. The molecule has 126 valence electrons. The van der Waals surface area contributed by atoms with Gasteiger partial charge in [0.25, 0.3) is 0 Å². The summed E-state index contributed by atoms with van der Waals surface area (Å²) >= 11 is 0. The minimum absolute atomic E-state index is 0.0342. The first kappa shape index (κ1) is 17.4. The Labute approximate surface area is 135 Å². The van der Waals surface area contributed by atoms with Gasteiger partial charge < -0.3 is 10.0 Å². The van der Waals surface area contributed by atoms with Crippen molar-refractivity contribution >= 4 is 11.9 Å². The maximum absolute atomic E-state index is 13.0. The number of likely N-dealkylation sites (N-methyl/N-ethyl adjacent to an activating group) is 1. The number of rotatable bonds is 6. The second-order valence-corrected chi connectivity index (χ2v) is 6.01. The number of likely N-dealkylation sites (tertiary alicyclic amines) is 1. The van der Waals surface area contributed by atoms with E-state index in [4.69, 9.17) is 5.11 Å². The van der Waals surface area contributed by atoms with Gasteiger partial charge in [0.1, 0.15) is 5.82 Å². The van der Waals surface area contributed by atoms with E-state index in [0.717, 1.165) is 31.4 Å². The molecule has 1 atom stereocenters. The lowest BCUT2D eigenvalue weighted by Gasteiger charge is -2.36. The van der Waals surface area contributed by atoms with Crippen LogP contribution >= 0.6 is 0 Å². The van der Waals surface area contributed by atoms with E-state index in [1.165, 1.54) is 17.0 Å². The van der Waals surface area contributed by atoms with Crippen LogP contribution < -0.4 is 0 Å². The number of nitrogens with zero attached hydrogens (tertiary/aromatic N) is 2. The minimum Gasteiger partial charge on any atom is -0.481 e. The summed E-state index contributed by atoms with van der Waals surface area (Å²) in [5.41, 5.74) is 0.972. The molecular formula is C17H23FN2O3. The van der Waals surface area contributed by atoms with Gasteiger partial charge in [-0.15, -0.1) is 0 Å². The molecule has 1 fully saturated rings. The van der Waals surface area contributed by atoms with Gasteiger partial charge in [-0.3, -0.25) is 14.5 Å². The van der Waals surface area contributed by atoms with Gasteiger partial charge in [-0.2, -0.15) is 0 Å². The molecule has 1 N–H and O–H groups in total. The van der Waals surface area contributed by atoms with E-state index in [9.17, 15) is 14.0 Å². The minimum atomic E-state index is -0.906. The maximum atomic E-state index is 13.0. The van der Waals surface area contributed by atoms with Gasteiger partial charge >= 0.3 is 5.97 Å². The molecule has 0 bridgehead atoms. The number of amides is 1. The number of carbonyl (C=O) groups is 2. The highest BCUT2D eigenvalue weighted by Gasteiger charge is 2.30. The van der Waals surface area contributed by atoms with E-state index in [-0.39, 0.29) is 30.7 Å². The van der Waals surface area contributed by atoms with Crippen LogP contribution in [-0.2, 0) is 16.1 Å². The summed E-state index contributed by atoms with van der Waals surface area (Å²) in [4.78, 5) is 26.9. The number of carboxylic acid groups (broad SMARTS) is 1. The van der Waals surface area contributed by atoms with Gasteiger partial charge in [-0.1, -0.05) is 18.6 Å². The van der Waals surface area contributed by atoms with Crippen LogP contribution in [0.5, 0.6) is 0 Å². The van der Waals surface area contributed by atoms with Crippen LogP contribution in [-0.4, -0.2) is 53.0 Å². The van der Waals surface area contributed by atoms with Crippen LogP contribution in [0.1, 0.15) is 31.2 Å². The van der Waals surface area contributed by atoms with Gasteiger partial charge in [-0.05, 0) is 37.1 Å². The SMILES string of the molecule is CN(CCC(=O)O)C(=O)C1CCCCN1Cc1ccc(F)cc1. The molecule has 1 aromatic rings. The molecule has 0 spiro atoms. The lowest BCUT2D eigenvalue weighted by Crippen LogP contribution is -2.49. The fourth-order valence-electron chi connectivity index (χ4n) is 2.91. The Balaban J connectivity index is 2.00. The standard InChI is InChI=1S/C17H23FN2O3/c1-19(11-9-16(21)22)17(23)15-4-2-3-10-20(15)12-13-5-7-14(18)8-6-13/h5-8,15H,2-4,9-12H2,1H3,(H,21,22). The molecule has 1 aromatic carbocycles. The highest BCUT2D eigenvalue weighted by atomic mass is 19.1. The van der Waals surface area contributed by atoms with Crippen molar-refractivity contribution in [3.63, 3.8) is 0 Å². The summed E-state index contributed by atoms with van der Waals surface area (Å²) in [7, 11) is 1.65. The molecule has 0 saturated carbocycles. The molecule has 1 saturated heterocycles. The average Bonchev–Trinajstić information content (AvgIpc) is 2.54. The molecule has 1 unspecified atom stereocenters. The monoisotopic (exact) mass is 322 g/mol. The largest absolute Gasteiger partial charge is 0.481 e. The van der Waals surface area contributed by atoms with E-state index in [0.29, 0.717) is 6.54 Å². The highest BCUT2D eigenvalue weighted by molar-refractivity contribution is 5.82. The highest BCUT2D eigenvalue weighted by Crippen LogP contribution is 2.21. The number of hydrogen-bond donors (Lipinski definition) is 1. The number of aliphatic carboxylic acids is 1. The zero-order valence-corrected chi connectivity index (χ0v) is 13.4. The van der Waals surface area contributed by atoms with E-state index in [2.05, 4.69) is 4.90 Å². The molecule has 1 aliphatic heterocycles. The van der Waals surface area contributed by atoms with Crippen molar-refractivity contribution in [2.75, 3.05) is 20.1 Å². The molecule has 1 aliphatic rings. The zero-order valence-electron chi connectivity index (χ0n) is 13.4. The van der Waals surface area contributed by atoms with Crippen LogP contribution in [0.2, 0.25) is 0 Å². The van der Waals surface area contributed by atoms with Crippen molar-refractivity contribution in [2.24, 2.45) is 0 Å². The first-order valence-corrected chi connectivity index (χ1v) is 7.92. The fourth-order valence-corrected chi connectivity index (χ4v) is 2.91. The molecule has 23 heavy (non-hydrogen) atoms. The van der Waals surface area contributed by atoms with Crippen molar-refractivity contribution in [3.8, 4) is 0 Å². The summed E-state index contributed by atoms with van der Waals surface area (Å²) in [6.07, 6.45) is 2.75. The smallest absolute Gasteiger partial charge is 0.305 e. The quantitative estimate of drug-likeness (QED) is 0.871. The van der Waals surface area contributed by atoms with Crippen molar-refractivity contribution in [1.82, 2.24) is 9.80 Å². The molecule has 0 aliphatic carbocycles. The van der Waals surface area contributed by atoms with Crippen molar-refractivity contribution < 1.29 is 19.1 Å². The van der Waals surface area contributed by atoms with Gasteiger partial charge in [0, 0.05) is 20.1 Å². The summed E-state index contributed by atoms with van der Waals surface area (Å²) < 4.78 is 13.0. The Bertz CT molecular complexity index is 547. The molecule has 0 radical (unpaired) electrons. The van der Waals surface area contributed by atoms with Crippen LogP contribution in [0, 0.1) is 5.82 Å². The summed E-state index contributed by atoms with van der Waals surface area (Å²) in [5.74, 6) is -1.21. The van der Waals surface area contributed by atoms with E-state index >= 15 is 0 Å². The molecular weight excluding hydrogens is 299 g/mol. The summed E-state index contributed by atoms with van der Waals surface area (Å²) in [5, 5.41) is 8.74. The fraction of sp³-hybridized carbons (Fsp3) is 0.529. The first-order chi connectivity index (χ1) is 11.0. The van der Waals surface area contributed by atoms with E-state index in [1.54, 1.807) is 19.2 Å². The number of carbonyl (C=O) groups excluding carboxylic acids is 1. The normalized spacial score (nSPS) is 18.6. The number of halogens is 1. The number of benzene rings is 1. The Kier molecular flexibility index (Phi) is 6.10. The van der Waals surface area contributed by atoms with E-state index < -0.39 is 5.97 Å². The topological polar surface area (TPSA) is 60.9 Å². The molecule has 1 heterocycles. The van der Waals surface area contributed by atoms with Crippen LogP contribution in [0.3, 0.4) is 0 Å². The molecule has 5 nitrogen and oxygen atoms in total. The van der Waals surface area contributed by atoms with Gasteiger partial charge in [0.2, 0.25) is 5.91 Å². The molecule has 2 rings (SSSR count). The Hall–Kier alpha value is -1.95. The van der Waals surface area contributed by atoms with Crippen molar-refractivity contribution in [3.05, 3.63) is 35.6 Å². The predicted octanol–water partition coefficient (Wildman–Crippen LogP) is 2.11. The second kappa shape index (κ2) is 8.06.